The molecule has 0 radical (unpaired) electrons. The minimum Gasteiger partial charge on any atom is -0.383 e. The van der Waals surface area contributed by atoms with E-state index in [1.165, 1.54) is 30.3 Å². The molecule has 3 amide bonds. The molecule has 0 spiro atoms. The van der Waals surface area contributed by atoms with Crippen LogP contribution in [0.4, 0.5) is 14.5 Å². The third kappa shape index (κ3) is 4.03. The van der Waals surface area contributed by atoms with Gasteiger partial charge < -0.3 is 15.3 Å². The van der Waals surface area contributed by atoms with E-state index < -0.39 is 47.4 Å². The SMILES string of the molecule is CC(C)(C)[C@H](O)C(=O)N1CCN2C(=O)c3cc(-c4ccc(Cl)cc4F)ccc3NC(=O)[C@@]2(F)C1. The van der Waals surface area contributed by atoms with Crippen LogP contribution in [0.15, 0.2) is 36.4 Å². The van der Waals surface area contributed by atoms with Crippen LogP contribution in [0.25, 0.3) is 11.1 Å². The number of hydrogen-bond donors (Lipinski definition) is 2. The van der Waals surface area contributed by atoms with Gasteiger partial charge in [0.05, 0.1) is 17.8 Å². The Morgan fingerprint density at radius 1 is 1.15 bits per heavy atom. The molecule has 2 atom stereocenters. The number of fused-ring (bicyclic) bond motifs is 2. The van der Waals surface area contributed by atoms with Crippen molar-refractivity contribution >= 4 is 35.0 Å². The van der Waals surface area contributed by atoms with Gasteiger partial charge in [-0.1, -0.05) is 38.4 Å². The molecule has 7 nitrogen and oxygen atoms in total. The van der Waals surface area contributed by atoms with Crippen molar-refractivity contribution in [3.05, 3.63) is 52.8 Å². The van der Waals surface area contributed by atoms with Crippen LogP contribution in [-0.2, 0) is 9.59 Å². The second kappa shape index (κ2) is 8.32. The van der Waals surface area contributed by atoms with Gasteiger partial charge in [-0.3, -0.25) is 19.3 Å². The molecule has 0 bridgehead atoms. The number of nitrogens with one attached hydrogen (secondary N) is 1. The van der Waals surface area contributed by atoms with E-state index in [4.69, 9.17) is 11.6 Å². The number of carbonyl (C=O) groups excluding carboxylic acids is 3. The van der Waals surface area contributed by atoms with Crippen molar-refractivity contribution in [2.45, 2.75) is 32.7 Å². The predicted octanol–water partition coefficient (Wildman–Crippen LogP) is 3.46. The fourth-order valence-corrected chi connectivity index (χ4v) is 4.25. The topological polar surface area (TPSA) is 89.9 Å². The Balaban J connectivity index is 1.68. The Morgan fingerprint density at radius 3 is 2.50 bits per heavy atom. The van der Waals surface area contributed by atoms with Gasteiger partial charge in [0.15, 0.2) is 0 Å². The first kappa shape index (κ1) is 24.1. The molecule has 34 heavy (non-hydrogen) atoms. The Hall–Kier alpha value is -3.04. The number of carbonyl (C=O) groups is 3. The van der Waals surface area contributed by atoms with Gasteiger partial charge in [0.2, 0.25) is 0 Å². The third-order valence-electron chi connectivity index (χ3n) is 6.12. The highest BCUT2D eigenvalue weighted by Crippen LogP contribution is 2.36. The maximum Gasteiger partial charge on any atom is 0.285 e. The molecule has 2 N–H and O–H groups in total. The van der Waals surface area contributed by atoms with Gasteiger partial charge in [0.1, 0.15) is 11.9 Å². The van der Waals surface area contributed by atoms with Crippen LogP contribution >= 0.6 is 11.6 Å². The first-order valence-electron chi connectivity index (χ1n) is 10.7. The van der Waals surface area contributed by atoms with E-state index in [1.807, 2.05) is 0 Å². The second-order valence-corrected chi connectivity index (χ2v) is 10.0. The molecule has 2 aromatic rings. The zero-order valence-corrected chi connectivity index (χ0v) is 19.6. The van der Waals surface area contributed by atoms with Crippen molar-refractivity contribution < 1.29 is 28.3 Å². The number of anilines is 1. The van der Waals surface area contributed by atoms with Gasteiger partial charge in [-0.05, 0) is 41.3 Å². The van der Waals surface area contributed by atoms with Crippen LogP contribution in [0.2, 0.25) is 5.02 Å². The summed E-state index contributed by atoms with van der Waals surface area (Å²) in [5.41, 5.74) is -0.179. The van der Waals surface area contributed by atoms with E-state index in [9.17, 15) is 23.9 Å². The number of aliphatic hydroxyl groups excluding tert-OH is 1. The summed E-state index contributed by atoms with van der Waals surface area (Å²) in [6, 6.07) is 8.40. The zero-order valence-electron chi connectivity index (χ0n) is 18.9. The van der Waals surface area contributed by atoms with Crippen molar-refractivity contribution in [1.82, 2.24) is 9.80 Å². The molecule has 2 aliphatic heterocycles. The summed E-state index contributed by atoms with van der Waals surface area (Å²) in [5, 5.41) is 13.0. The van der Waals surface area contributed by atoms with E-state index >= 15 is 4.39 Å². The molecule has 2 heterocycles. The Kier molecular flexibility index (Phi) is 5.90. The summed E-state index contributed by atoms with van der Waals surface area (Å²) < 4.78 is 30.6. The number of benzene rings is 2. The number of aliphatic hydroxyl groups is 1. The molecule has 0 unspecified atom stereocenters. The van der Waals surface area contributed by atoms with E-state index in [1.54, 1.807) is 20.8 Å². The second-order valence-electron chi connectivity index (χ2n) is 9.58. The lowest BCUT2D eigenvalue weighted by Gasteiger charge is -2.44. The molecule has 2 aliphatic rings. The van der Waals surface area contributed by atoms with Crippen LogP contribution < -0.4 is 5.32 Å². The van der Waals surface area contributed by atoms with Gasteiger partial charge in [-0.15, -0.1) is 0 Å². The average Bonchev–Trinajstić information content (AvgIpc) is 2.84. The minimum atomic E-state index is -2.84. The highest BCUT2D eigenvalue weighted by atomic mass is 35.5. The Morgan fingerprint density at radius 2 is 1.85 bits per heavy atom. The molecule has 1 saturated heterocycles. The van der Waals surface area contributed by atoms with Crippen LogP contribution in [0.3, 0.4) is 0 Å². The zero-order chi connectivity index (χ0) is 25.0. The molecular weight excluding hydrogens is 468 g/mol. The van der Waals surface area contributed by atoms with E-state index in [-0.39, 0.29) is 34.9 Å². The van der Waals surface area contributed by atoms with Gasteiger partial charge in [-0.25, -0.2) is 8.78 Å². The largest absolute Gasteiger partial charge is 0.383 e. The molecule has 0 aromatic heterocycles. The molecule has 180 valence electrons. The maximum atomic E-state index is 16.1. The minimum absolute atomic E-state index is 0.00534. The van der Waals surface area contributed by atoms with Gasteiger partial charge in [0.25, 0.3) is 23.5 Å². The van der Waals surface area contributed by atoms with Crippen LogP contribution in [0.5, 0.6) is 0 Å². The molecule has 4 rings (SSSR count). The van der Waals surface area contributed by atoms with Crippen molar-refractivity contribution in [3.8, 4) is 11.1 Å². The first-order valence-corrected chi connectivity index (χ1v) is 11.1. The fraction of sp³-hybridized carbons (Fsp3) is 0.375. The van der Waals surface area contributed by atoms with Crippen LogP contribution in [-0.4, -0.2) is 64.2 Å². The standard InChI is InChI=1S/C24H24ClF2N3O4/c1-23(2,3)19(31)21(33)29-8-9-30-20(32)16-10-13(15-6-5-14(25)11-17(15)26)4-7-18(16)28-22(34)24(30,27)12-29/h4-7,10-11,19,31H,8-9,12H2,1-3H3,(H,28,34)/t19-,24-/m1/s1. The van der Waals surface area contributed by atoms with Crippen LogP contribution in [0, 0.1) is 11.2 Å². The Labute approximate surface area is 200 Å². The summed E-state index contributed by atoms with van der Waals surface area (Å²) in [4.78, 5) is 40.8. The number of rotatable bonds is 2. The molecule has 10 heteroatoms. The third-order valence-corrected chi connectivity index (χ3v) is 6.36. The maximum absolute atomic E-state index is 16.1. The summed E-state index contributed by atoms with van der Waals surface area (Å²) in [6.07, 6.45) is -1.40. The number of alkyl halides is 1. The van der Waals surface area contributed by atoms with Gasteiger partial charge >= 0.3 is 0 Å². The molecule has 1 fully saturated rings. The number of piperazine rings is 1. The van der Waals surface area contributed by atoms with Gasteiger partial charge in [-0.2, -0.15) is 0 Å². The lowest BCUT2D eigenvalue weighted by Crippen LogP contribution is -2.67. The normalized spacial score (nSPS) is 21.4. The smallest absolute Gasteiger partial charge is 0.285 e. The summed E-state index contributed by atoms with van der Waals surface area (Å²) in [6.45, 7) is 3.95. The summed E-state index contributed by atoms with van der Waals surface area (Å²) in [5.74, 6) is -6.02. The van der Waals surface area contributed by atoms with Crippen molar-refractivity contribution in [2.24, 2.45) is 5.41 Å². The quantitative estimate of drug-likeness (QED) is 0.630. The average molecular weight is 492 g/mol. The summed E-state index contributed by atoms with van der Waals surface area (Å²) in [7, 11) is 0. The van der Waals surface area contributed by atoms with Crippen LogP contribution in [0.1, 0.15) is 31.1 Å². The lowest BCUT2D eigenvalue weighted by molar-refractivity contribution is -0.161. The molecule has 2 aromatic carbocycles. The number of nitrogens with zero attached hydrogens (tertiary/aromatic N) is 2. The highest BCUT2D eigenvalue weighted by Gasteiger charge is 2.54. The molecular formula is C24H24ClF2N3O4. The van der Waals surface area contributed by atoms with Crippen molar-refractivity contribution in [2.75, 3.05) is 25.0 Å². The molecule has 0 saturated carbocycles. The van der Waals surface area contributed by atoms with Crippen molar-refractivity contribution in [3.63, 3.8) is 0 Å². The first-order chi connectivity index (χ1) is 15.8. The van der Waals surface area contributed by atoms with E-state index in [2.05, 4.69) is 5.32 Å². The highest BCUT2D eigenvalue weighted by molar-refractivity contribution is 6.30. The lowest BCUT2D eigenvalue weighted by atomic mass is 9.88. The number of amides is 3. The Bertz CT molecular complexity index is 1200. The number of halogens is 3. The summed E-state index contributed by atoms with van der Waals surface area (Å²) >= 11 is 5.82. The van der Waals surface area contributed by atoms with Gasteiger partial charge in [0, 0.05) is 23.7 Å². The monoisotopic (exact) mass is 491 g/mol. The van der Waals surface area contributed by atoms with E-state index in [0.717, 1.165) is 15.9 Å². The fourth-order valence-electron chi connectivity index (χ4n) is 4.09. The number of hydrogen-bond acceptors (Lipinski definition) is 4. The molecule has 0 aliphatic carbocycles. The van der Waals surface area contributed by atoms with Crippen molar-refractivity contribution in [1.29, 1.82) is 0 Å². The predicted molar refractivity (Wildman–Crippen MR) is 122 cm³/mol. The van der Waals surface area contributed by atoms with E-state index in [0.29, 0.717) is 5.56 Å².